The smallest absolute Gasteiger partial charge is 0.407 e. The summed E-state index contributed by atoms with van der Waals surface area (Å²) >= 11 is 0. The third-order valence-electron chi connectivity index (χ3n) is 6.18. The summed E-state index contributed by atoms with van der Waals surface area (Å²) in [6.07, 6.45) is 1.43. The largest absolute Gasteiger partial charge is 0.449 e. The summed E-state index contributed by atoms with van der Waals surface area (Å²) in [5.41, 5.74) is 4.73. The van der Waals surface area contributed by atoms with Gasteiger partial charge >= 0.3 is 6.09 Å². The van der Waals surface area contributed by atoms with Gasteiger partial charge in [-0.25, -0.2) is 4.79 Å². The minimum atomic E-state index is -0.497. The topological polar surface area (TPSA) is 78.9 Å². The zero-order chi connectivity index (χ0) is 20.9. The van der Waals surface area contributed by atoms with Crippen LogP contribution in [-0.2, 0) is 9.53 Å². The maximum atomic E-state index is 12.3. The average Bonchev–Trinajstić information content (AvgIpc) is 3.11. The number of likely N-dealkylation sites (tertiary alicyclic amines) is 1. The first kappa shape index (κ1) is 20.4. The molecule has 0 aromatic heterocycles. The molecule has 2 N–H and O–H groups in total. The standard InChI is InChI=1S/C24H28N2O4/c27-15-17-10-13-26(14-11-17)23(28)9-12-25-24(29)30-16-22-20-7-3-1-5-18(20)19-6-2-4-8-21(19)22/h1-8,17,22,27H,9-16H2,(H,25,29). The lowest BCUT2D eigenvalue weighted by Gasteiger charge is -2.31. The third-order valence-corrected chi connectivity index (χ3v) is 6.18. The highest BCUT2D eigenvalue weighted by molar-refractivity contribution is 5.79. The highest BCUT2D eigenvalue weighted by Crippen LogP contribution is 2.44. The summed E-state index contributed by atoms with van der Waals surface area (Å²) < 4.78 is 5.49. The number of carbonyl (C=O) groups is 2. The molecule has 4 rings (SSSR count). The molecule has 1 aliphatic heterocycles. The summed E-state index contributed by atoms with van der Waals surface area (Å²) in [7, 11) is 0. The van der Waals surface area contributed by atoms with Gasteiger partial charge < -0.3 is 20.1 Å². The summed E-state index contributed by atoms with van der Waals surface area (Å²) in [4.78, 5) is 26.3. The Morgan fingerprint density at radius 2 is 1.60 bits per heavy atom. The summed E-state index contributed by atoms with van der Waals surface area (Å²) in [6.45, 7) is 2.06. The van der Waals surface area contributed by atoms with Gasteiger partial charge in [0.25, 0.3) is 0 Å². The molecule has 2 aliphatic rings. The van der Waals surface area contributed by atoms with Crippen LogP contribution >= 0.6 is 0 Å². The van der Waals surface area contributed by atoms with Gasteiger partial charge in [0.1, 0.15) is 6.61 Å². The molecule has 0 unspecified atom stereocenters. The Labute approximate surface area is 176 Å². The summed E-state index contributed by atoms with van der Waals surface area (Å²) in [5, 5.41) is 11.9. The van der Waals surface area contributed by atoms with Crippen LogP contribution in [0.3, 0.4) is 0 Å². The first-order valence-electron chi connectivity index (χ1n) is 10.6. The minimum Gasteiger partial charge on any atom is -0.449 e. The number of aliphatic hydroxyl groups is 1. The highest BCUT2D eigenvalue weighted by atomic mass is 16.5. The second-order valence-electron chi connectivity index (χ2n) is 8.01. The molecular formula is C24H28N2O4. The molecule has 6 heteroatoms. The van der Waals surface area contributed by atoms with Gasteiger partial charge in [0.2, 0.25) is 5.91 Å². The molecule has 158 valence electrons. The van der Waals surface area contributed by atoms with E-state index in [2.05, 4.69) is 29.6 Å². The number of hydrogen-bond donors (Lipinski definition) is 2. The van der Waals surface area contributed by atoms with Crippen LogP contribution in [0.2, 0.25) is 0 Å². The molecule has 2 aromatic rings. The molecule has 30 heavy (non-hydrogen) atoms. The molecule has 1 fully saturated rings. The van der Waals surface area contributed by atoms with Gasteiger partial charge in [0.15, 0.2) is 0 Å². The van der Waals surface area contributed by atoms with Gasteiger partial charge in [-0.05, 0) is 41.0 Å². The lowest BCUT2D eigenvalue weighted by atomic mass is 9.98. The minimum absolute atomic E-state index is 0.0256. The first-order valence-corrected chi connectivity index (χ1v) is 10.6. The van der Waals surface area contributed by atoms with E-state index in [4.69, 9.17) is 4.74 Å². The van der Waals surface area contributed by atoms with Crippen molar-refractivity contribution in [2.24, 2.45) is 5.92 Å². The van der Waals surface area contributed by atoms with E-state index in [0.717, 1.165) is 12.8 Å². The molecule has 1 aliphatic carbocycles. The number of nitrogens with one attached hydrogen (secondary N) is 1. The molecule has 6 nitrogen and oxygen atoms in total. The Morgan fingerprint density at radius 1 is 1.00 bits per heavy atom. The van der Waals surface area contributed by atoms with Crippen LogP contribution in [0.1, 0.15) is 36.3 Å². The van der Waals surface area contributed by atoms with E-state index in [0.29, 0.717) is 19.0 Å². The second-order valence-corrected chi connectivity index (χ2v) is 8.01. The molecular weight excluding hydrogens is 380 g/mol. The number of amides is 2. The van der Waals surface area contributed by atoms with E-state index < -0.39 is 6.09 Å². The number of hydrogen-bond acceptors (Lipinski definition) is 4. The van der Waals surface area contributed by atoms with E-state index in [1.54, 1.807) is 0 Å². The van der Waals surface area contributed by atoms with Crippen LogP contribution < -0.4 is 5.32 Å². The third kappa shape index (κ3) is 4.33. The second kappa shape index (κ2) is 9.30. The van der Waals surface area contributed by atoms with Crippen molar-refractivity contribution in [2.45, 2.75) is 25.2 Å². The lowest BCUT2D eigenvalue weighted by molar-refractivity contribution is -0.132. The molecule has 0 radical (unpaired) electrons. The van der Waals surface area contributed by atoms with Crippen molar-refractivity contribution in [1.82, 2.24) is 10.2 Å². The van der Waals surface area contributed by atoms with Crippen molar-refractivity contribution in [2.75, 3.05) is 32.8 Å². The number of piperidine rings is 1. The van der Waals surface area contributed by atoms with Gasteiger partial charge in [-0.3, -0.25) is 4.79 Å². The van der Waals surface area contributed by atoms with Crippen molar-refractivity contribution in [3.8, 4) is 11.1 Å². The molecule has 1 saturated heterocycles. The SMILES string of the molecule is O=C(NCCC(=O)N1CCC(CO)CC1)OCC1c2ccccc2-c2ccccc21. The Bertz CT molecular complexity index is 860. The quantitative estimate of drug-likeness (QED) is 0.770. The molecule has 1 heterocycles. The van der Waals surface area contributed by atoms with Crippen molar-refractivity contribution in [3.05, 3.63) is 59.7 Å². The number of nitrogens with zero attached hydrogens (tertiary/aromatic N) is 1. The molecule has 0 atom stereocenters. The zero-order valence-electron chi connectivity index (χ0n) is 17.0. The highest BCUT2D eigenvalue weighted by Gasteiger charge is 2.29. The Hall–Kier alpha value is -2.86. The van der Waals surface area contributed by atoms with Crippen molar-refractivity contribution in [3.63, 3.8) is 0 Å². The maximum absolute atomic E-state index is 12.3. The van der Waals surface area contributed by atoms with Crippen LogP contribution in [0, 0.1) is 5.92 Å². The normalized spacial score (nSPS) is 16.1. The fraction of sp³-hybridized carbons (Fsp3) is 0.417. The lowest BCUT2D eigenvalue weighted by Crippen LogP contribution is -2.40. The fourth-order valence-corrected chi connectivity index (χ4v) is 4.44. The van der Waals surface area contributed by atoms with E-state index >= 15 is 0 Å². The van der Waals surface area contributed by atoms with E-state index in [9.17, 15) is 14.7 Å². The molecule has 2 aromatic carbocycles. The van der Waals surface area contributed by atoms with Gasteiger partial charge in [0.05, 0.1) is 0 Å². The number of benzene rings is 2. The number of alkyl carbamates (subject to hydrolysis) is 1. The fourth-order valence-electron chi connectivity index (χ4n) is 4.44. The van der Waals surface area contributed by atoms with Gasteiger partial charge in [-0.1, -0.05) is 48.5 Å². The van der Waals surface area contributed by atoms with Crippen LogP contribution in [-0.4, -0.2) is 54.9 Å². The monoisotopic (exact) mass is 408 g/mol. The van der Waals surface area contributed by atoms with Crippen LogP contribution in [0.4, 0.5) is 4.79 Å². The van der Waals surface area contributed by atoms with Crippen LogP contribution in [0.25, 0.3) is 11.1 Å². The number of carbonyl (C=O) groups excluding carboxylic acids is 2. The van der Waals surface area contributed by atoms with Crippen LogP contribution in [0.15, 0.2) is 48.5 Å². The Morgan fingerprint density at radius 3 is 2.20 bits per heavy atom. The van der Waals surface area contributed by atoms with Crippen LogP contribution in [0.5, 0.6) is 0 Å². The Balaban J connectivity index is 1.24. The summed E-state index contributed by atoms with van der Waals surface area (Å²) in [6, 6.07) is 16.4. The number of fused-ring (bicyclic) bond motifs is 3. The predicted octanol–water partition coefficient (Wildman–Crippen LogP) is 3.15. The zero-order valence-corrected chi connectivity index (χ0v) is 17.0. The molecule has 2 amide bonds. The van der Waals surface area contributed by atoms with E-state index in [-0.39, 0.29) is 38.0 Å². The molecule has 0 saturated carbocycles. The number of rotatable bonds is 6. The summed E-state index contributed by atoms with van der Waals surface area (Å²) in [5.74, 6) is 0.357. The van der Waals surface area contributed by atoms with Crippen molar-refractivity contribution in [1.29, 1.82) is 0 Å². The maximum Gasteiger partial charge on any atom is 0.407 e. The van der Waals surface area contributed by atoms with E-state index in [1.165, 1.54) is 22.3 Å². The van der Waals surface area contributed by atoms with Gasteiger partial charge in [-0.15, -0.1) is 0 Å². The first-order chi connectivity index (χ1) is 14.7. The van der Waals surface area contributed by atoms with Crippen molar-refractivity contribution >= 4 is 12.0 Å². The molecule has 0 spiro atoms. The average molecular weight is 408 g/mol. The van der Waals surface area contributed by atoms with Crippen molar-refractivity contribution < 1.29 is 19.4 Å². The molecule has 0 bridgehead atoms. The number of ether oxygens (including phenoxy) is 1. The predicted molar refractivity (Wildman–Crippen MR) is 114 cm³/mol. The van der Waals surface area contributed by atoms with Gasteiger partial charge in [0, 0.05) is 38.6 Å². The van der Waals surface area contributed by atoms with E-state index in [1.807, 2.05) is 29.2 Å². The number of aliphatic hydroxyl groups excluding tert-OH is 1. The van der Waals surface area contributed by atoms with Gasteiger partial charge in [-0.2, -0.15) is 0 Å². The Kier molecular flexibility index (Phi) is 6.33.